The van der Waals surface area contributed by atoms with Gasteiger partial charge in [-0.15, -0.1) is 10.2 Å². The molecule has 1 aliphatic heterocycles. The fourth-order valence-corrected chi connectivity index (χ4v) is 4.46. The first-order valence-corrected chi connectivity index (χ1v) is 12.8. The summed E-state index contributed by atoms with van der Waals surface area (Å²) in [4.78, 5) is 84.2. The largest absolute Gasteiger partial charge is 0.481 e. The molecule has 20 heteroatoms. The maximum Gasteiger partial charge on any atom is 0.333 e. The lowest BCUT2D eigenvalue weighted by Gasteiger charge is -2.12. The number of tetrazole rings is 1. The summed E-state index contributed by atoms with van der Waals surface area (Å²) in [6, 6.07) is 1.74. The Kier molecular flexibility index (Phi) is 10.3. The van der Waals surface area contributed by atoms with E-state index in [1.54, 1.807) is 0 Å². The number of carboxylic acids is 1. The predicted octanol–water partition coefficient (Wildman–Crippen LogP) is 1.01. The normalized spacial score (nSPS) is 12.8. The van der Waals surface area contributed by atoms with E-state index in [1.165, 1.54) is 0 Å². The van der Waals surface area contributed by atoms with Crippen molar-refractivity contribution in [1.29, 1.82) is 0 Å². The number of amides is 3. The van der Waals surface area contributed by atoms with Gasteiger partial charge in [0.1, 0.15) is 0 Å². The lowest BCUT2D eigenvalue weighted by molar-refractivity contribution is -0.399. The van der Waals surface area contributed by atoms with Crippen LogP contribution in [0.4, 0.5) is 11.4 Å². The Hall–Kier alpha value is -5.01. The molecule has 0 unspecified atom stereocenters. The van der Waals surface area contributed by atoms with E-state index in [9.17, 15) is 44.2 Å². The molecule has 218 valence electrons. The highest BCUT2D eigenvalue weighted by Crippen LogP contribution is 2.41. The zero-order chi connectivity index (χ0) is 30.1. The fourth-order valence-electron chi connectivity index (χ4n) is 3.49. The highest BCUT2D eigenvalue weighted by molar-refractivity contribution is 7.99. The second-order valence-electron chi connectivity index (χ2n) is 8.40. The van der Waals surface area contributed by atoms with Crippen LogP contribution in [0.25, 0.3) is 0 Å². The monoisotopic (exact) mass is 594 g/mol. The van der Waals surface area contributed by atoms with Crippen LogP contribution in [0.3, 0.4) is 0 Å². The van der Waals surface area contributed by atoms with E-state index in [-0.39, 0.29) is 49.5 Å². The first kappa shape index (κ1) is 30.5. The predicted molar refractivity (Wildman–Crippen MR) is 132 cm³/mol. The molecule has 0 atom stereocenters. The Bertz CT molecular complexity index is 1340. The standard InChI is InChI=1S/C21H22N8O11S/c30-15-5-6-16(31)27(15)40-18(34)4-2-1-3-8-22-20(35)12-10-13(28(36)37)19(14(11-12)29(38)39)41-21-23-24-25-26(21)9-7-17(32)33/h10-11H,1-9H2,(H,22,35)(H,32,33). The van der Waals surface area contributed by atoms with E-state index >= 15 is 0 Å². The van der Waals surface area contributed by atoms with E-state index in [0.717, 1.165) is 16.8 Å². The number of carboxylic acid groups (broad SMARTS) is 1. The highest BCUT2D eigenvalue weighted by Gasteiger charge is 2.33. The van der Waals surface area contributed by atoms with Crippen LogP contribution in [0.5, 0.6) is 0 Å². The van der Waals surface area contributed by atoms with Crippen molar-refractivity contribution in [3.05, 3.63) is 37.9 Å². The van der Waals surface area contributed by atoms with Gasteiger partial charge in [0.05, 0.1) is 28.4 Å². The zero-order valence-corrected chi connectivity index (χ0v) is 21.9. The Labute approximate surface area is 233 Å². The van der Waals surface area contributed by atoms with Crippen LogP contribution in [0.15, 0.2) is 22.2 Å². The minimum atomic E-state index is -1.15. The molecule has 0 radical (unpaired) electrons. The number of carbonyl (C=O) groups excluding carboxylic acids is 4. The van der Waals surface area contributed by atoms with Crippen molar-refractivity contribution in [3.8, 4) is 0 Å². The summed E-state index contributed by atoms with van der Waals surface area (Å²) in [6.07, 6.45) is 0.638. The molecule has 2 heterocycles. The summed E-state index contributed by atoms with van der Waals surface area (Å²) >= 11 is 0.483. The molecule has 1 aromatic heterocycles. The van der Waals surface area contributed by atoms with E-state index < -0.39 is 55.8 Å². The lowest BCUT2D eigenvalue weighted by atomic mass is 10.1. The van der Waals surface area contributed by atoms with E-state index in [4.69, 9.17) is 9.94 Å². The van der Waals surface area contributed by atoms with E-state index in [0.29, 0.717) is 36.1 Å². The fraction of sp³-hybridized carbons (Fsp3) is 0.429. The Balaban J connectivity index is 1.59. The molecule has 2 N–H and O–H groups in total. The molecule has 1 fully saturated rings. The number of imide groups is 1. The molecule has 2 aromatic rings. The minimum Gasteiger partial charge on any atom is -0.481 e. The third-order valence-corrected chi connectivity index (χ3v) is 6.57. The number of hydrogen-bond donors (Lipinski definition) is 2. The molecular formula is C21H22N8O11S. The van der Waals surface area contributed by atoms with Gasteiger partial charge in [-0.3, -0.25) is 39.4 Å². The lowest BCUT2D eigenvalue weighted by Crippen LogP contribution is -2.31. The van der Waals surface area contributed by atoms with E-state index in [2.05, 4.69) is 20.8 Å². The van der Waals surface area contributed by atoms with Gasteiger partial charge in [-0.2, -0.15) is 0 Å². The van der Waals surface area contributed by atoms with Crippen molar-refractivity contribution < 1.29 is 43.8 Å². The SMILES string of the molecule is O=C(O)CCn1nnnc1Sc1c([N+](=O)[O-])cc(C(=O)NCCCCCC(=O)ON2C(=O)CCC2=O)cc1[N+](=O)[O-]. The number of nitrogens with one attached hydrogen (secondary N) is 1. The van der Waals surface area contributed by atoms with Crippen LogP contribution in [0.1, 0.15) is 55.3 Å². The van der Waals surface area contributed by atoms with Crippen molar-refractivity contribution in [2.45, 2.75) is 61.5 Å². The van der Waals surface area contributed by atoms with Crippen molar-refractivity contribution in [1.82, 2.24) is 30.6 Å². The average Bonchev–Trinajstić information content (AvgIpc) is 3.49. The van der Waals surface area contributed by atoms with Crippen LogP contribution in [0.2, 0.25) is 0 Å². The number of aromatic nitrogens is 4. The average molecular weight is 595 g/mol. The molecule has 1 aromatic carbocycles. The first-order valence-electron chi connectivity index (χ1n) is 11.9. The number of nitrogens with zero attached hydrogens (tertiary/aromatic N) is 7. The van der Waals surface area contributed by atoms with Gasteiger partial charge in [0.15, 0.2) is 4.90 Å². The summed E-state index contributed by atoms with van der Waals surface area (Å²) in [7, 11) is 0. The number of rotatable bonds is 15. The highest BCUT2D eigenvalue weighted by atomic mass is 32.2. The summed E-state index contributed by atoms with van der Waals surface area (Å²) < 4.78 is 1.03. The molecular weight excluding hydrogens is 572 g/mol. The molecule has 0 bridgehead atoms. The second-order valence-corrected chi connectivity index (χ2v) is 9.38. The van der Waals surface area contributed by atoms with Crippen LogP contribution in [-0.4, -0.2) is 76.4 Å². The zero-order valence-electron chi connectivity index (χ0n) is 21.1. The number of aliphatic carboxylic acids is 1. The molecule has 0 spiro atoms. The van der Waals surface area contributed by atoms with Gasteiger partial charge >= 0.3 is 11.9 Å². The van der Waals surface area contributed by atoms with Gasteiger partial charge in [-0.1, -0.05) is 6.42 Å². The van der Waals surface area contributed by atoms with E-state index in [1.807, 2.05) is 0 Å². The van der Waals surface area contributed by atoms with Gasteiger partial charge in [0, 0.05) is 37.9 Å². The number of benzene rings is 1. The Morgan fingerprint density at radius 1 is 1.02 bits per heavy atom. The molecule has 1 aliphatic rings. The van der Waals surface area contributed by atoms with Crippen molar-refractivity contribution >= 4 is 52.8 Å². The molecule has 1 saturated heterocycles. The Morgan fingerprint density at radius 3 is 2.24 bits per heavy atom. The molecule has 0 saturated carbocycles. The van der Waals surface area contributed by atoms with Gasteiger partial charge < -0.3 is 15.3 Å². The summed E-state index contributed by atoms with van der Waals surface area (Å²) in [5.41, 5.74) is -1.85. The molecule has 3 amide bonds. The molecule has 0 aliphatic carbocycles. The number of aryl methyl sites for hydroxylation is 1. The molecule has 19 nitrogen and oxygen atoms in total. The quantitative estimate of drug-likeness (QED) is 0.126. The third kappa shape index (κ3) is 8.24. The minimum absolute atomic E-state index is 0.0192. The summed E-state index contributed by atoms with van der Waals surface area (Å²) in [6.45, 7) is -0.112. The number of nitro groups is 2. The summed E-state index contributed by atoms with van der Waals surface area (Å²) in [5, 5.41) is 45.8. The summed E-state index contributed by atoms with van der Waals surface area (Å²) in [5.74, 6) is -3.90. The molecule has 3 rings (SSSR count). The number of unbranched alkanes of at least 4 members (excludes halogenated alkanes) is 2. The van der Waals surface area contributed by atoms with Crippen LogP contribution >= 0.6 is 11.8 Å². The van der Waals surface area contributed by atoms with Crippen LogP contribution in [0, 0.1) is 20.2 Å². The van der Waals surface area contributed by atoms with Gasteiger partial charge in [0.25, 0.3) is 29.1 Å². The number of hydrogen-bond acceptors (Lipinski definition) is 14. The van der Waals surface area contributed by atoms with Crippen molar-refractivity contribution in [3.63, 3.8) is 0 Å². The van der Waals surface area contributed by atoms with Gasteiger partial charge in [0.2, 0.25) is 5.16 Å². The maximum atomic E-state index is 12.6. The van der Waals surface area contributed by atoms with Crippen LogP contribution < -0.4 is 5.32 Å². The van der Waals surface area contributed by atoms with Crippen molar-refractivity contribution in [2.24, 2.45) is 0 Å². The third-order valence-electron chi connectivity index (χ3n) is 5.48. The van der Waals surface area contributed by atoms with Crippen molar-refractivity contribution in [2.75, 3.05) is 6.54 Å². The number of carbonyl (C=O) groups is 5. The van der Waals surface area contributed by atoms with Gasteiger partial charge in [-0.05, 0) is 35.0 Å². The number of nitro benzene ring substituents is 2. The van der Waals surface area contributed by atoms with Crippen LogP contribution in [-0.2, 0) is 30.6 Å². The maximum absolute atomic E-state index is 12.6. The topological polar surface area (TPSA) is 260 Å². The smallest absolute Gasteiger partial charge is 0.333 e. The Morgan fingerprint density at radius 2 is 1.66 bits per heavy atom. The second kappa shape index (κ2) is 13.9. The molecule has 41 heavy (non-hydrogen) atoms. The first-order chi connectivity index (χ1) is 19.5. The number of hydroxylamine groups is 2. The van der Waals surface area contributed by atoms with Gasteiger partial charge in [-0.25, -0.2) is 9.48 Å².